The molecule has 1 radical (unpaired) electrons. The number of rotatable bonds is 2. The first-order valence-electron chi connectivity index (χ1n) is 4.08. The van der Waals surface area contributed by atoms with Gasteiger partial charge in [-0.1, -0.05) is 23.8 Å². The molecule has 0 heteroatoms. The zero-order chi connectivity index (χ0) is 7.23. The van der Waals surface area contributed by atoms with E-state index in [2.05, 4.69) is 25.2 Å². The molecule has 1 rings (SSSR count). The molecule has 10 heavy (non-hydrogen) atoms. The van der Waals surface area contributed by atoms with Gasteiger partial charge >= 0.3 is 0 Å². The van der Waals surface area contributed by atoms with Gasteiger partial charge in [0.1, 0.15) is 0 Å². The number of allylic oxidation sites excluding steroid dienone is 4. The van der Waals surface area contributed by atoms with Gasteiger partial charge in [-0.05, 0) is 39.0 Å². The van der Waals surface area contributed by atoms with Crippen molar-refractivity contribution in [3.05, 3.63) is 30.7 Å². The van der Waals surface area contributed by atoms with E-state index in [0.717, 1.165) is 6.42 Å². The van der Waals surface area contributed by atoms with Crippen LogP contribution in [-0.2, 0) is 0 Å². The van der Waals surface area contributed by atoms with Crippen LogP contribution in [0.5, 0.6) is 0 Å². The summed E-state index contributed by atoms with van der Waals surface area (Å²) in [5.74, 6) is 0. The van der Waals surface area contributed by atoms with E-state index in [0.29, 0.717) is 0 Å². The van der Waals surface area contributed by atoms with Crippen molar-refractivity contribution in [3.63, 3.8) is 0 Å². The summed E-state index contributed by atoms with van der Waals surface area (Å²) in [6, 6.07) is 0. The van der Waals surface area contributed by atoms with Crippen molar-refractivity contribution in [3.8, 4) is 0 Å². The third-order valence-electron chi connectivity index (χ3n) is 1.82. The third kappa shape index (κ3) is 2.38. The maximum absolute atomic E-state index is 3.76. The fourth-order valence-electron chi connectivity index (χ4n) is 1.25. The summed E-state index contributed by atoms with van der Waals surface area (Å²) in [6.45, 7) is 3.76. The second kappa shape index (κ2) is 4.32. The molecule has 0 spiro atoms. The molecular formula is C10H15. The van der Waals surface area contributed by atoms with Crippen LogP contribution >= 0.6 is 0 Å². The van der Waals surface area contributed by atoms with Crippen LogP contribution in [0, 0.1) is 6.92 Å². The van der Waals surface area contributed by atoms with Crippen LogP contribution in [0.1, 0.15) is 32.1 Å². The van der Waals surface area contributed by atoms with E-state index in [1.807, 2.05) is 0 Å². The van der Waals surface area contributed by atoms with Gasteiger partial charge in [0.25, 0.3) is 0 Å². The average Bonchev–Trinajstić information content (AvgIpc) is 2.03. The van der Waals surface area contributed by atoms with Gasteiger partial charge in [-0.2, -0.15) is 0 Å². The third-order valence-corrected chi connectivity index (χ3v) is 1.82. The molecule has 0 aromatic rings. The minimum atomic E-state index is 0.914. The molecule has 0 unspecified atom stereocenters. The molecular weight excluding hydrogens is 120 g/mol. The molecule has 1 aliphatic rings. The van der Waals surface area contributed by atoms with Gasteiger partial charge < -0.3 is 0 Å². The van der Waals surface area contributed by atoms with Crippen LogP contribution in [0.2, 0.25) is 0 Å². The molecule has 0 bridgehead atoms. The molecule has 0 amide bonds. The Morgan fingerprint density at radius 1 is 1.50 bits per heavy atom. The van der Waals surface area contributed by atoms with Crippen molar-refractivity contribution in [1.29, 1.82) is 0 Å². The highest BCUT2D eigenvalue weighted by molar-refractivity contribution is 5.19. The largest absolute Gasteiger partial charge is 0.0843 e. The predicted octanol–water partition coefficient (Wildman–Crippen LogP) is 3.27. The zero-order valence-corrected chi connectivity index (χ0v) is 6.47. The molecule has 0 saturated carbocycles. The molecule has 0 fully saturated rings. The standard InChI is InChI=1S/C10H15/c1-2-3-7-10-8-5-4-6-9-10/h3,7-8H,1-2,4-6,9H2/b7-3+. The average molecular weight is 135 g/mol. The van der Waals surface area contributed by atoms with Gasteiger partial charge in [0.05, 0.1) is 0 Å². The van der Waals surface area contributed by atoms with Crippen LogP contribution in [0.25, 0.3) is 0 Å². The Balaban J connectivity index is 2.38. The Morgan fingerprint density at radius 3 is 3.00 bits per heavy atom. The molecule has 0 N–H and O–H groups in total. The topological polar surface area (TPSA) is 0 Å². The molecule has 0 aliphatic heterocycles. The Labute approximate surface area is 63.6 Å². The van der Waals surface area contributed by atoms with Crippen molar-refractivity contribution < 1.29 is 0 Å². The van der Waals surface area contributed by atoms with Gasteiger partial charge in [0.15, 0.2) is 0 Å². The van der Waals surface area contributed by atoms with E-state index in [4.69, 9.17) is 0 Å². The Hall–Kier alpha value is -0.520. The fourth-order valence-corrected chi connectivity index (χ4v) is 1.25. The highest BCUT2D eigenvalue weighted by Gasteiger charge is 1.98. The lowest BCUT2D eigenvalue weighted by atomic mass is 9.99. The van der Waals surface area contributed by atoms with Gasteiger partial charge in [-0.15, -0.1) is 0 Å². The SMILES string of the molecule is [CH2]C/C=C/C1=CCCCC1. The molecule has 0 nitrogen and oxygen atoms in total. The van der Waals surface area contributed by atoms with Gasteiger partial charge in [-0.3, -0.25) is 0 Å². The van der Waals surface area contributed by atoms with E-state index >= 15 is 0 Å². The van der Waals surface area contributed by atoms with E-state index in [1.54, 1.807) is 0 Å². The van der Waals surface area contributed by atoms with Crippen molar-refractivity contribution in [1.82, 2.24) is 0 Å². The molecule has 0 heterocycles. The highest BCUT2D eigenvalue weighted by atomic mass is 14.0. The monoisotopic (exact) mass is 135 g/mol. The summed E-state index contributed by atoms with van der Waals surface area (Å²) in [5, 5.41) is 0. The summed E-state index contributed by atoms with van der Waals surface area (Å²) < 4.78 is 0. The second-order valence-electron chi connectivity index (χ2n) is 2.72. The van der Waals surface area contributed by atoms with E-state index in [-0.39, 0.29) is 0 Å². The Bertz CT molecular complexity index is 140. The first-order chi connectivity index (χ1) is 4.93. The number of hydrogen-bond donors (Lipinski definition) is 0. The van der Waals surface area contributed by atoms with Gasteiger partial charge in [-0.25, -0.2) is 0 Å². The molecule has 0 atom stereocenters. The Kier molecular flexibility index (Phi) is 3.28. The van der Waals surface area contributed by atoms with Crippen molar-refractivity contribution >= 4 is 0 Å². The minimum absolute atomic E-state index is 0.914. The maximum atomic E-state index is 3.76. The Morgan fingerprint density at radius 2 is 2.40 bits per heavy atom. The van der Waals surface area contributed by atoms with Crippen molar-refractivity contribution in [2.45, 2.75) is 32.1 Å². The summed E-state index contributed by atoms with van der Waals surface area (Å²) in [4.78, 5) is 0. The molecule has 1 aliphatic carbocycles. The first-order valence-corrected chi connectivity index (χ1v) is 4.08. The summed E-state index contributed by atoms with van der Waals surface area (Å²) in [6.07, 6.45) is 12.9. The lowest BCUT2D eigenvalue weighted by Crippen LogP contribution is -1.87. The second-order valence-corrected chi connectivity index (χ2v) is 2.72. The van der Waals surface area contributed by atoms with E-state index in [9.17, 15) is 0 Å². The van der Waals surface area contributed by atoms with E-state index < -0.39 is 0 Å². The lowest BCUT2D eigenvalue weighted by molar-refractivity contribution is 0.712. The predicted molar refractivity (Wildman–Crippen MR) is 45.7 cm³/mol. The van der Waals surface area contributed by atoms with Crippen molar-refractivity contribution in [2.24, 2.45) is 0 Å². The highest BCUT2D eigenvalue weighted by Crippen LogP contribution is 2.17. The number of hydrogen-bond acceptors (Lipinski definition) is 0. The summed E-state index contributed by atoms with van der Waals surface area (Å²) >= 11 is 0. The molecule has 0 aromatic carbocycles. The van der Waals surface area contributed by atoms with Crippen molar-refractivity contribution in [2.75, 3.05) is 0 Å². The van der Waals surface area contributed by atoms with Crippen LogP contribution in [0.3, 0.4) is 0 Å². The van der Waals surface area contributed by atoms with Gasteiger partial charge in [0, 0.05) is 0 Å². The maximum Gasteiger partial charge on any atom is -0.0282 e. The lowest BCUT2D eigenvalue weighted by Gasteiger charge is -2.07. The molecule has 55 valence electrons. The summed E-state index contributed by atoms with van der Waals surface area (Å²) in [5.41, 5.74) is 1.51. The van der Waals surface area contributed by atoms with Gasteiger partial charge in [0.2, 0.25) is 0 Å². The normalized spacial score (nSPS) is 19.5. The summed E-state index contributed by atoms with van der Waals surface area (Å²) in [7, 11) is 0. The minimum Gasteiger partial charge on any atom is -0.0843 e. The van der Waals surface area contributed by atoms with E-state index in [1.165, 1.54) is 31.3 Å². The van der Waals surface area contributed by atoms with Crippen LogP contribution in [-0.4, -0.2) is 0 Å². The smallest absolute Gasteiger partial charge is 0.0282 e. The molecule has 0 aromatic heterocycles. The molecule has 0 saturated heterocycles. The van der Waals surface area contributed by atoms with Crippen LogP contribution in [0.4, 0.5) is 0 Å². The quantitative estimate of drug-likeness (QED) is 0.545. The zero-order valence-electron chi connectivity index (χ0n) is 6.47. The van der Waals surface area contributed by atoms with Crippen LogP contribution < -0.4 is 0 Å². The first kappa shape index (κ1) is 7.59. The fraction of sp³-hybridized carbons (Fsp3) is 0.500. The van der Waals surface area contributed by atoms with Crippen LogP contribution in [0.15, 0.2) is 23.8 Å².